The lowest BCUT2D eigenvalue weighted by Gasteiger charge is -2.50. The predicted molar refractivity (Wildman–Crippen MR) is 126 cm³/mol. The van der Waals surface area contributed by atoms with Gasteiger partial charge in [-0.05, 0) is 55.5 Å². The maximum Gasteiger partial charge on any atom is 0.325 e. The van der Waals surface area contributed by atoms with E-state index in [-0.39, 0.29) is 18.0 Å². The van der Waals surface area contributed by atoms with Crippen LogP contribution in [0.4, 0.5) is 16.2 Å². The molecule has 3 aromatic rings. The van der Waals surface area contributed by atoms with Crippen molar-refractivity contribution in [1.29, 1.82) is 0 Å². The maximum atomic E-state index is 13.1. The number of carbonyl (C=O) groups excluding carboxylic acids is 2. The zero-order chi connectivity index (χ0) is 23.2. The zero-order valence-electron chi connectivity index (χ0n) is 18.1. The molecule has 0 aliphatic carbocycles. The molecular formula is C25H22ClN3O4. The summed E-state index contributed by atoms with van der Waals surface area (Å²) in [6.07, 6.45) is 0.531. The number of para-hydroxylation sites is 2. The highest BCUT2D eigenvalue weighted by atomic mass is 35.5. The molecular weight excluding hydrogens is 442 g/mol. The maximum absolute atomic E-state index is 13.1. The van der Waals surface area contributed by atoms with E-state index in [0.29, 0.717) is 39.9 Å². The Balaban J connectivity index is 1.45. The van der Waals surface area contributed by atoms with Crippen molar-refractivity contribution in [3.63, 3.8) is 0 Å². The molecule has 3 amide bonds. The Kier molecular flexibility index (Phi) is 5.13. The van der Waals surface area contributed by atoms with Gasteiger partial charge in [0.2, 0.25) is 0 Å². The van der Waals surface area contributed by atoms with Gasteiger partial charge in [0.1, 0.15) is 11.5 Å². The number of ether oxygens (including phenoxy) is 2. The molecule has 7 nitrogen and oxygen atoms in total. The second kappa shape index (κ2) is 8.01. The number of rotatable bonds is 4. The van der Waals surface area contributed by atoms with E-state index >= 15 is 0 Å². The number of urea groups is 1. The molecule has 0 spiro atoms. The van der Waals surface area contributed by atoms with Crippen molar-refractivity contribution in [2.45, 2.75) is 25.1 Å². The number of anilines is 2. The summed E-state index contributed by atoms with van der Waals surface area (Å²) < 4.78 is 11.6. The number of methoxy groups -OCH3 is 1. The summed E-state index contributed by atoms with van der Waals surface area (Å²) in [6, 6.07) is 19.0. The van der Waals surface area contributed by atoms with Crippen LogP contribution < -0.4 is 25.0 Å². The van der Waals surface area contributed by atoms with Crippen LogP contribution >= 0.6 is 11.6 Å². The highest BCUT2D eigenvalue weighted by Crippen LogP contribution is 2.46. The van der Waals surface area contributed by atoms with Crippen LogP contribution in [-0.4, -0.2) is 24.8 Å². The van der Waals surface area contributed by atoms with E-state index in [0.717, 1.165) is 5.56 Å². The molecule has 2 atom stereocenters. The van der Waals surface area contributed by atoms with Crippen LogP contribution in [0, 0.1) is 0 Å². The third-order valence-electron chi connectivity index (χ3n) is 5.96. The van der Waals surface area contributed by atoms with Gasteiger partial charge in [-0.15, -0.1) is 0 Å². The highest BCUT2D eigenvalue weighted by molar-refractivity contribution is 6.30. The van der Waals surface area contributed by atoms with Crippen LogP contribution in [0.2, 0.25) is 5.02 Å². The minimum atomic E-state index is -0.925. The van der Waals surface area contributed by atoms with Crippen molar-refractivity contribution in [3.8, 4) is 11.5 Å². The van der Waals surface area contributed by atoms with Gasteiger partial charge in [-0.3, -0.25) is 9.69 Å². The SMILES string of the molecule is COc1ccccc1NC(=O)c1cccc(N2C(=O)NC3CC2(C)Oc2ccc(Cl)cc23)c1. The smallest absolute Gasteiger partial charge is 0.325 e. The zero-order valence-corrected chi connectivity index (χ0v) is 18.8. The van der Waals surface area contributed by atoms with E-state index in [2.05, 4.69) is 10.6 Å². The number of nitrogens with one attached hydrogen (secondary N) is 2. The Hall–Kier alpha value is -3.71. The monoisotopic (exact) mass is 463 g/mol. The number of benzene rings is 3. The number of hydrogen-bond donors (Lipinski definition) is 2. The lowest BCUT2D eigenvalue weighted by Crippen LogP contribution is -2.65. The number of carbonyl (C=O) groups is 2. The summed E-state index contributed by atoms with van der Waals surface area (Å²) in [5, 5.41) is 6.49. The van der Waals surface area contributed by atoms with Gasteiger partial charge in [0.25, 0.3) is 5.91 Å². The van der Waals surface area contributed by atoms with Crippen molar-refractivity contribution in [1.82, 2.24) is 5.32 Å². The molecule has 3 aromatic carbocycles. The van der Waals surface area contributed by atoms with E-state index in [9.17, 15) is 9.59 Å². The second-order valence-corrected chi connectivity index (χ2v) is 8.64. The van der Waals surface area contributed by atoms with E-state index < -0.39 is 5.72 Å². The minimum Gasteiger partial charge on any atom is -0.495 e. The van der Waals surface area contributed by atoms with Crippen molar-refractivity contribution >= 4 is 34.9 Å². The summed E-state index contributed by atoms with van der Waals surface area (Å²) in [4.78, 5) is 27.7. The standard InChI is InChI=1S/C25H22ClN3O4/c1-25-14-20(18-13-16(26)10-11-21(18)33-25)28-24(31)29(25)17-7-5-6-15(12-17)23(30)27-19-8-3-4-9-22(19)32-2/h3-13,20H,14H2,1-2H3,(H,27,30)(H,28,31). The molecule has 0 aromatic heterocycles. The lowest BCUT2D eigenvalue weighted by atomic mass is 9.90. The molecule has 2 heterocycles. The van der Waals surface area contributed by atoms with Crippen molar-refractivity contribution < 1.29 is 19.1 Å². The number of nitrogens with zero attached hydrogens (tertiary/aromatic N) is 1. The van der Waals surface area contributed by atoms with Gasteiger partial charge in [-0.25, -0.2) is 4.79 Å². The quantitative estimate of drug-likeness (QED) is 0.545. The number of amides is 3. The van der Waals surface area contributed by atoms with E-state index in [1.807, 2.05) is 31.2 Å². The molecule has 0 radical (unpaired) electrons. The molecule has 2 unspecified atom stereocenters. The van der Waals surface area contributed by atoms with Crippen molar-refractivity contribution in [2.75, 3.05) is 17.3 Å². The molecule has 1 saturated heterocycles. The van der Waals surface area contributed by atoms with Gasteiger partial charge in [0.15, 0.2) is 5.72 Å². The number of fused-ring (bicyclic) bond motifs is 4. The van der Waals surface area contributed by atoms with Crippen LogP contribution in [0.25, 0.3) is 0 Å². The summed E-state index contributed by atoms with van der Waals surface area (Å²) >= 11 is 6.15. The van der Waals surface area contributed by atoms with Gasteiger partial charge < -0.3 is 20.1 Å². The molecule has 168 valence electrons. The van der Waals surface area contributed by atoms with E-state index in [1.165, 1.54) is 0 Å². The van der Waals surface area contributed by atoms with Crippen LogP contribution in [0.5, 0.6) is 11.5 Å². The first kappa shape index (κ1) is 21.2. The van der Waals surface area contributed by atoms with Gasteiger partial charge in [-0.1, -0.05) is 29.8 Å². The molecule has 2 N–H and O–H groups in total. The molecule has 5 rings (SSSR count). The minimum absolute atomic E-state index is 0.210. The normalized spacial score (nSPS) is 20.9. The van der Waals surface area contributed by atoms with Gasteiger partial charge in [0, 0.05) is 22.6 Å². The van der Waals surface area contributed by atoms with Gasteiger partial charge in [0.05, 0.1) is 24.5 Å². The van der Waals surface area contributed by atoms with Crippen molar-refractivity contribution in [2.24, 2.45) is 0 Å². The van der Waals surface area contributed by atoms with Crippen LogP contribution in [0.15, 0.2) is 66.7 Å². The van der Waals surface area contributed by atoms with E-state index in [1.54, 1.807) is 54.5 Å². The Bertz CT molecular complexity index is 1260. The Morgan fingerprint density at radius 3 is 2.82 bits per heavy atom. The molecule has 33 heavy (non-hydrogen) atoms. The third-order valence-corrected chi connectivity index (χ3v) is 6.19. The van der Waals surface area contributed by atoms with Crippen LogP contribution in [0.1, 0.15) is 35.3 Å². The first-order chi connectivity index (χ1) is 15.9. The highest BCUT2D eigenvalue weighted by Gasteiger charge is 2.50. The number of halogens is 1. The Morgan fingerprint density at radius 2 is 2.00 bits per heavy atom. The summed E-state index contributed by atoms with van der Waals surface area (Å²) in [5.41, 5.74) is 1.45. The first-order valence-electron chi connectivity index (χ1n) is 10.5. The van der Waals surface area contributed by atoms with Crippen molar-refractivity contribution in [3.05, 3.63) is 82.9 Å². The summed E-state index contributed by atoms with van der Waals surface area (Å²) in [5.74, 6) is 0.921. The third kappa shape index (κ3) is 3.74. The number of hydrogen-bond acceptors (Lipinski definition) is 4. The fourth-order valence-corrected chi connectivity index (χ4v) is 4.65. The molecule has 1 fully saturated rings. The largest absolute Gasteiger partial charge is 0.495 e. The Labute approximate surface area is 196 Å². The lowest BCUT2D eigenvalue weighted by molar-refractivity contribution is 0.0378. The second-order valence-electron chi connectivity index (χ2n) is 8.21. The average Bonchev–Trinajstić information content (AvgIpc) is 2.79. The van der Waals surface area contributed by atoms with Crippen LogP contribution in [0.3, 0.4) is 0 Å². The summed E-state index contributed by atoms with van der Waals surface area (Å²) in [6.45, 7) is 1.87. The fourth-order valence-electron chi connectivity index (χ4n) is 4.46. The molecule has 2 bridgehead atoms. The molecule has 0 saturated carbocycles. The fraction of sp³-hybridized carbons (Fsp3) is 0.200. The van der Waals surface area contributed by atoms with E-state index in [4.69, 9.17) is 21.1 Å². The summed E-state index contributed by atoms with van der Waals surface area (Å²) in [7, 11) is 1.55. The molecule has 2 aliphatic rings. The first-order valence-corrected chi connectivity index (χ1v) is 10.9. The molecule has 2 aliphatic heterocycles. The van der Waals surface area contributed by atoms with Gasteiger partial charge >= 0.3 is 6.03 Å². The predicted octanol–water partition coefficient (Wildman–Crippen LogP) is 5.37. The Morgan fingerprint density at radius 1 is 1.18 bits per heavy atom. The van der Waals surface area contributed by atoms with Gasteiger partial charge in [-0.2, -0.15) is 0 Å². The average molecular weight is 464 g/mol. The molecule has 8 heteroatoms. The topological polar surface area (TPSA) is 79.9 Å². The van der Waals surface area contributed by atoms with Crippen LogP contribution in [-0.2, 0) is 0 Å².